The molecule has 1 aromatic carbocycles. The van der Waals surface area contributed by atoms with Crippen LogP contribution < -0.4 is 0 Å². The molecule has 0 amide bonds. The second-order valence-electron chi connectivity index (χ2n) is 4.13. The maximum absolute atomic E-state index is 9.63. The zero-order chi connectivity index (χ0) is 13.0. The van der Waals surface area contributed by atoms with Crippen LogP contribution in [0.3, 0.4) is 0 Å². The zero-order valence-electron chi connectivity index (χ0n) is 10.2. The summed E-state index contributed by atoms with van der Waals surface area (Å²) in [6.07, 6.45) is 0. The first kappa shape index (κ1) is 15.0. The van der Waals surface area contributed by atoms with Gasteiger partial charge in [0.15, 0.2) is 0 Å². The second kappa shape index (κ2) is 6.73. The fourth-order valence-electron chi connectivity index (χ4n) is 1.52. The predicted octanol–water partition coefficient (Wildman–Crippen LogP) is 3.38. The SMILES string of the molecule is COCC(C)N(C)Cc1cc(Br)c(O)c(Br)c1. The largest absolute Gasteiger partial charge is 0.506 e. The Morgan fingerprint density at radius 1 is 1.35 bits per heavy atom. The molecule has 0 aliphatic carbocycles. The van der Waals surface area contributed by atoms with Gasteiger partial charge in [-0.15, -0.1) is 0 Å². The maximum Gasteiger partial charge on any atom is 0.143 e. The van der Waals surface area contributed by atoms with Gasteiger partial charge in [0.1, 0.15) is 5.75 Å². The van der Waals surface area contributed by atoms with Crippen molar-refractivity contribution >= 4 is 31.9 Å². The summed E-state index contributed by atoms with van der Waals surface area (Å²) in [6, 6.07) is 4.21. The fourth-order valence-corrected chi connectivity index (χ4v) is 2.80. The Morgan fingerprint density at radius 3 is 2.35 bits per heavy atom. The highest BCUT2D eigenvalue weighted by atomic mass is 79.9. The molecule has 0 bridgehead atoms. The molecule has 1 N–H and O–H groups in total. The third-order valence-corrected chi connectivity index (χ3v) is 3.88. The van der Waals surface area contributed by atoms with Crippen LogP contribution in [0.15, 0.2) is 21.1 Å². The number of halogens is 2. The Morgan fingerprint density at radius 2 is 1.88 bits per heavy atom. The van der Waals surface area contributed by atoms with E-state index in [0.717, 1.165) is 12.1 Å². The van der Waals surface area contributed by atoms with Crippen molar-refractivity contribution in [3.05, 3.63) is 26.6 Å². The number of methoxy groups -OCH3 is 1. The van der Waals surface area contributed by atoms with E-state index < -0.39 is 0 Å². The molecule has 17 heavy (non-hydrogen) atoms. The predicted molar refractivity (Wildman–Crippen MR) is 76.3 cm³/mol. The molecule has 0 aliphatic rings. The lowest BCUT2D eigenvalue weighted by Gasteiger charge is -2.24. The molecule has 3 nitrogen and oxygen atoms in total. The second-order valence-corrected chi connectivity index (χ2v) is 5.84. The molecule has 0 aromatic heterocycles. The Kier molecular flexibility index (Phi) is 5.92. The van der Waals surface area contributed by atoms with Crippen LogP contribution >= 0.6 is 31.9 Å². The van der Waals surface area contributed by atoms with Crippen LogP contribution in [-0.2, 0) is 11.3 Å². The summed E-state index contributed by atoms with van der Waals surface area (Å²) in [5.74, 6) is 0.237. The molecule has 0 fully saturated rings. The van der Waals surface area contributed by atoms with E-state index in [0.29, 0.717) is 21.6 Å². The fraction of sp³-hybridized carbons (Fsp3) is 0.500. The van der Waals surface area contributed by atoms with E-state index in [4.69, 9.17) is 4.74 Å². The van der Waals surface area contributed by atoms with Gasteiger partial charge >= 0.3 is 0 Å². The van der Waals surface area contributed by atoms with Gasteiger partial charge in [0.2, 0.25) is 0 Å². The van der Waals surface area contributed by atoms with E-state index >= 15 is 0 Å². The highest BCUT2D eigenvalue weighted by Gasteiger charge is 2.11. The van der Waals surface area contributed by atoms with E-state index in [9.17, 15) is 5.11 Å². The molecule has 1 aromatic rings. The molecule has 96 valence electrons. The van der Waals surface area contributed by atoms with Gasteiger partial charge < -0.3 is 9.84 Å². The number of ether oxygens (including phenoxy) is 1. The molecule has 1 atom stereocenters. The van der Waals surface area contributed by atoms with E-state index in [1.165, 1.54) is 0 Å². The minimum atomic E-state index is 0.237. The first-order valence-electron chi connectivity index (χ1n) is 5.31. The van der Waals surface area contributed by atoms with Gasteiger partial charge in [-0.1, -0.05) is 0 Å². The van der Waals surface area contributed by atoms with Gasteiger partial charge in [-0.25, -0.2) is 0 Å². The van der Waals surface area contributed by atoms with E-state index in [-0.39, 0.29) is 5.75 Å². The number of phenolic OH excluding ortho intramolecular Hbond substituents is 1. The Balaban J connectivity index is 2.75. The van der Waals surface area contributed by atoms with Crippen LogP contribution in [0.25, 0.3) is 0 Å². The van der Waals surface area contributed by atoms with Crippen molar-refractivity contribution in [3.63, 3.8) is 0 Å². The summed E-state index contributed by atoms with van der Waals surface area (Å²) in [7, 11) is 3.76. The molecule has 0 aliphatic heterocycles. The molecule has 5 heteroatoms. The lowest BCUT2D eigenvalue weighted by atomic mass is 10.2. The molecule has 0 heterocycles. The minimum Gasteiger partial charge on any atom is -0.506 e. The number of benzene rings is 1. The van der Waals surface area contributed by atoms with Crippen molar-refractivity contribution in [2.75, 3.05) is 20.8 Å². The summed E-state index contributed by atoms with van der Waals surface area (Å²) in [6.45, 7) is 3.63. The maximum atomic E-state index is 9.63. The standard InChI is InChI=1S/C12H17Br2NO2/c1-8(7-17-3)15(2)6-9-4-10(13)12(16)11(14)5-9/h4-5,8,16H,6-7H2,1-3H3. The lowest BCUT2D eigenvalue weighted by molar-refractivity contribution is 0.112. The highest BCUT2D eigenvalue weighted by Crippen LogP contribution is 2.33. The molecule has 1 rings (SSSR count). The Labute approximate surface area is 119 Å². The topological polar surface area (TPSA) is 32.7 Å². The van der Waals surface area contributed by atoms with Crippen molar-refractivity contribution in [1.29, 1.82) is 0 Å². The van der Waals surface area contributed by atoms with Crippen LogP contribution in [0.4, 0.5) is 0 Å². The third-order valence-electron chi connectivity index (χ3n) is 2.67. The smallest absolute Gasteiger partial charge is 0.143 e. The van der Waals surface area contributed by atoms with Crippen molar-refractivity contribution in [3.8, 4) is 5.75 Å². The van der Waals surface area contributed by atoms with Gasteiger partial charge in [0.05, 0.1) is 15.6 Å². The summed E-state index contributed by atoms with van der Waals surface area (Å²) < 4.78 is 6.54. The molecular formula is C12H17Br2NO2. The summed E-state index contributed by atoms with van der Waals surface area (Å²) in [5, 5.41) is 9.63. The van der Waals surface area contributed by atoms with Crippen LogP contribution in [0.1, 0.15) is 12.5 Å². The minimum absolute atomic E-state index is 0.237. The first-order chi connectivity index (χ1) is 7.95. The van der Waals surface area contributed by atoms with Gasteiger partial charge in [-0.05, 0) is 63.5 Å². The average Bonchev–Trinajstić information content (AvgIpc) is 2.26. The average molecular weight is 367 g/mol. The highest BCUT2D eigenvalue weighted by molar-refractivity contribution is 9.11. The molecule has 0 saturated heterocycles. The number of hydrogen-bond donors (Lipinski definition) is 1. The number of aromatic hydroxyl groups is 1. The third kappa shape index (κ3) is 4.25. The van der Waals surface area contributed by atoms with E-state index in [1.54, 1.807) is 7.11 Å². The van der Waals surface area contributed by atoms with Gasteiger partial charge in [-0.3, -0.25) is 4.90 Å². The molecule has 0 spiro atoms. The van der Waals surface area contributed by atoms with Crippen molar-refractivity contribution in [2.45, 2.75) is 19.5 Å². The van der Waals surface area contributed by atoms with Gasteiger partial charge in [0.25, 0.3) is 0 Å². The number of likely N-dealkylation sites (N-methyl/N-ethyl adjacent to an activating group) is 1. The first-order valence-corrected chi connectivity index (χ1v) is 6.90. The Hall–Kier alpha value is -0.100. The van der Waals surface area contributed by atoms with Crippen LogP contribution in [-0.4, -0.2) is 36.8 Å². The summed E-state index contributed by atoms with van der Waals surface area (Å²) in [4.78, 5) is 2.20. The number of phenols is 1. The Bertz CT molecular complexity index is 362. The van der Waals surface area contributed by atoms with Crippen LogP contribution in [0.5, 0.6) is 5.75 Å². The van der Waals surface area contributed by atoms with Gasteiger partial charge in [-0.2, -0.15) is 0 Å². The van der Waals surface area contributed by atoms with Crippen LogP contribution in [0.2, 0.25) is 0 Å². The quantitative estimate of drug-likeness (QED) is 0.866. The van der Waals surface area contributed by atoms with Crippen LogP contribution in [0, 0.1) is 0 Å². The molecule has 0 saturated carbocycles. The zero-order valence-corrected chi connectivity index (χ0v) is 13.4. The molecular weight excluding hydrogens is 350 g/mol. The van der Waals surface area contributed by atoms with Gasteiger partial charge in [0, 0.05) is 19.7 Å². The van der Waals surface area contributed by atoms with Crippen molar-refractivity contribution in [2.24, 2.45) is 0 Å². The normalized spacial score (nSPS) is 13.1. The summed E-state index contributed by atoms with van der Waals surface area (Å²) >= 11 is 6.66. The van der Waals surface area contributed by atoms with E-state index in [2.05, 4.69) is 50.7 Å². The summed E-state index contributed by atoms with van der Waals surface area (Å²) in [5.41, 5.74) is 1.13. The molecule has 0 radical (unpaired) electrons. The lowest BCUT2D eigenvalue weighted by Crippen LogP contribution is -2.32. The monoisotopic (exact) mass is 365 g/mol. The van der Waals surface area contributed by atoms with Crippen molar-refractivity contribution < 1.29 is 9.84 Å². The number of rotatable bonds is 5. The molecule has 1 unspecified atom stereocenters. The van der Waals surface area contributed by atoms with Crippen molar-refractivity contribution in [1.82, 2.24) is 4.90 Å². The number of hydrogen-bond acceptors (Lipinski definition) is 3. The number of nitrogens with zero attached hydrogens (tertiary/aromatic N) is 1. The van der Waals surface area contributed by atoms with E-state index in [1.807, 2.05) is 12.1 Å².